The van der Waals surface area contributed by atoms with Crippen molar-refractivity contribution >= 4 is 11.6 Å². The molecule has 0 saturated heterocycles. The van der Waals surface area contributed by atoms with E-state index < -0.39 is 0 Å². The molecular weight excluding hydrogens is 270 g/mol. The van der Waals surface area contributed by atoms with Crippen LogP contribution in [0.1, 0.15) is 29.9 Å². The molecule has 0 bridgehead atoms. The van der Waals surface area contributed by atoms with E-state index in [1.807, 2.05) is 30.3 Å². The van der Waals surface area contributed by atoms with Crippen molar-refractivity contribution in [1.82, 2.24) is 5.48 Å². The molecule has 1 saturated carbocycles. The van der Waals surface area contributed by atoms with Crippen LogP contribution in [0.3, 0.4) is 0 Å². The van der Waals surface area contributed by atoms with Gasteiger partial charge in [-0.25, -0.2) is 0 Å². The maximum absolute atomic E-state index is 6.02. The Bertz CT molecular complexity index is 552. The van der Waals surface area contributed by atoms with E-state index in [1.165, 1.54) is 11.1 Å². The monoisotopic (exact) mass is 287 g/mol. The molecule has 0 heterocycles. The summed E-state index contributed by atoms with van der Waals surface area (Å²) in [5.41, 5.74) is 5.67. The molecule has 20 heavy (non-hydrogen) atoms. The van der Waals surface area contributed by atoms with Gasteiger partial charge in [0.15, 0.2) is 0 Å². The predicted octanol–water partition coefficient (Wildman–Crippen LogP) is 4.31. The number of halogens is 1. The van der Waals surface area contributed by atoms with Crippen LogP contribution in [-0.4, -0.2) is 6.04 Å². The third-order valence-electron chi connectivity index (χ3n) is 3.79. The highest BCUT2D eigenvalue weighted by Crippen LogP contribution is 2.37. The fourth-order valence-corrected chi connectivity index (χ4v) is 2.76. The Kier molecular flexibility index (Phi) is 4.36. The lowest BCUT2D eigenvalue weighted by Gasteiger charge is -2.35. The van der Waals surface area contributed by atoms with Crippen LogP contribution < -0.4 is 5.48 Å². The number of nitrogens with one attached hydrogen (secondary N) is 1. The quantitative estimate of drug-likeness (QED) is 0.828. The Hall–Kier alpha value is -1.35. The summed E-state index contributed by atoms with van der Waals surface area (Å²) in [5.74, 6) is 0.603. The van der Waals surface area contributed by atoms with Gasteiger partial charge in [-0.3, -0.25) is 4.84 Å². The molecule has 1 aliphatic carbocycles. The normalized spacial score (nSPS) is 21.4. The second-order valence-corrected chi connectivity index (χ2v) is 5.75. The Morgan fingerprint density at radius 2 is 1.85 bits per heavy atom. The molecule has 2 aromatic carbocycles. The highest BCUT2D eigenvalue weighted by atomic mass is 35.5. The maximum atomic E-state index is 6.02. The maximum Gasteiger partial charge on any atom is 0.0933 e. The summed E-state index contributed by atoms with van der Waals surface area (Å²) in [6, 6.07) is 18.8. The average Bonchev–Trinajstić information content (AvgIpc) is 2.42. The van der Waals surface area contributed by atoms with Gasteiger partial charge in [-0.15, -0.1) is 0 Å². The number of benzene rings is 2. The van der Waals surface area contributed by atoms with Gasteiger partial charge in [0.25, 0.3) is 0 Å². The van der Waals surface area contributed by atoms with Crippen LogP contribution in [0.2, 0.25) is 5.02 Å². The molecule has 0 amide bonds. The van der Waals surface area contributed by atoms with E-state index in [4.69, 9.17) is 16.4 Å². The Morgan fingerprint density at radius 1 is 1.05 bits per heavy atom. The molecular formula is C17H18ClNO. The summed E-state index contributed by atoms with van der Waals surface area (Å²) in [6.45, 7) is 0.610. The zero-order valence-corrected chi connectivity index (χ0v) is 12.0. The van der Waals surface area contributed by atoms with Crippen molar-refractivity contribution in [3.05, 3.63) is 70.7 Å². The smallest absolute Gasteiger partial charge is 0.0933 e. The van der Waals surface area contributed by atoms with Gasteiger partial charge in [0.05, 0.1) is 6.61 Å². The van der Waals surface area contributed by atoms with Gasteiger partial charge >= 0.3 is 0 Å². The predicted molar refractivity (Wildman–Crippen MR) is 81.6 cm³/mol. The van der Waals surface area contributed by atoms with Crippen LogP contribution in [0, 0.1) is 0 Å². The van der Waals surface area contributed by atoms with Crippen molar-refractivity contribution in [3.8, 4) is 0 Å². The fraction of sp³-hybridized carbons (Fsp3) is 0.294. The first-order valence-electron chi connectivity index (χ1n) is 6.98. The van der Waals surface area contributed by atoms with Crippen LogP contribution in [-0.2, 0) is 11.4 Å². The van der Waals surface area contributed by atoms with Gasteiger partial charge in [0.2, 0.25) is 0 Å². The van der Waals surface area contributed by atoms with Crippen LogP contribution in [0.5, 0.6) is 0 Å². The highest BCUT2D eigenvalue weighted by Gasteiger charge is 2.30. The second-order valence-electron chi connectivity index (χ2n) is 5.31. The molecule has 104 valence electrons. The Morgan fingerprint density at radius 3 is 2.60 bits per heavy atom. The lowest BCUT2D eigenvalue weighted by molar-refractivity contribution is -0.0197. The number of hydrogen-bond acceptors (Lipinski definition) is 2. The molecule has 0 unspecified atom stereocenters. The number of hydrogen-bond donors (Lipinski definition) is 1. The number of rotatable bonds is 5. The third kappa shape index (κ3) is 3.40. The number of hydroxylamine groups is 1. The van der Waals surface area contributed by atoms with Crippen molar-refractivity contribution in [2.24, 2.45) is 0 Å². The molecule has 0 radical (unpaired) electrons. The van der Waals surface area contributed by atoms with Crippen LogP contribution in [0.4, 0.5) is 0 Å². The van der Waals surface area contributed by atoms with Crippen molar-refractivity contribution in [2.45, 2.75) is 31.4 Å². The SMILES string of the molecule is Clc1cccc(C2CC(NOCc3ccccc3)C2)c1. The van der Waals surface area contributed by atoms with Crippen molar-refractivity contribution < 1.29 is 4.84 Å². The molecule has 2 nitrogen and oxygen atoms in total. The molecule has 0 aliphatic heterocycles. The average molecular weight is 288 g/mol. The van der Waals surface area contributed by atoms with Crippen molar-refractivity contribution in [1.29, 1.82) is 0 Å². The third-order valence-corrected chi connectivity index (χ3v) is 4.02. The molecule has 1 aliphatic rings. The second kappa shape index (κ2) is 6.40. The molecule has 0 atom stereocenters. The largest absolute Gasteiger partial charge is 0.297 e. The van der Waals surface area contributed by atoms with Crippen molar-refractivity contribution in [3.63, 3.8) is 0 Å². The van der Waals surface area contributed by atoms with Gasteiger partial charge in [0, 0.05) is 11.1 Å². The van der Waals surface area contributed by atoms with Crippen LogP contribution >= 0.6 is 11.6 Å². The van der Waals surface area contributed by atoms with Gasteiger partial charge in [0.1, 0.15) is 0 Å². The van der Waals surface area contributed by atoms with Crippen LogP contribution in [0.25, 0.3) is 0 Å². The van der Waals surface area contributed by atoms with Crippen molar-refractivity contribution in [2.75, 3.05) is 0 Å². The zero-order chi connectivity index (χ0) is 13.8. The topological polar surface area (TPSA) is 21.3 Å². The van der Waals surface area contributed by atoms with Gasteiger partial charge < -0.3 is 0 Å². The van der Waals surface area contributed by atoms with E-state index in [2.05, 4.69) is 29.7 Å². The van der Waals surface area contributed by atoms with Gasteiger partial charge in [-0.05, 0) is 42.0 Å². The van der Waals surface area contributed by atoms with Gasteiger partial charge in [-0.1, -0.05) is 54.1 Å². The summed E-state index contributed by atoms with van der Waals surface area (Å²) in [7, 11) is 0. The summed E-state index contributed by atoms with van der Waals surface area (Å²) in [4.78, 5) is 5.56. The zero-order valence-electron chi connectivity index (χ0n) is 11.3. The van der Waals surface area contributed by atoms with E-state index in [9.17, 15) is 0 Å². The lowest BCUT2D eigenvalue weighted by Crippen LogP contribution is -2.39. The molecule has 3 rings (SSSR count). The Labute approximate surface area is 124 Å². The van der Waals surface area contributed by atoms with Crippen LogP contribution in [0.15, 0.2) is 54.6 Å². The highest BCUT2D eigenvalue weighted by molar-refractivity contribution is 6.30. The minimum absolute atomic E-state index is 0.447. The lowest BCUT2D eigenvalue weighted by atomic mass is 9.76. The van der Waals surface area contributed by atoms with E-state index >= 15 is 0 Å². The fourth-order valence-electron chi connectivity index (χ4n) is 2.56. The van der Waals surface area contributed by atoms with E-state index in [-0.39, 0.29) is 0 Å². The molecule has 1 fully saturated rings. The summed E-state index contributed by atoms with van der Waals surface area (Å²) in [5, 5.41) is 0.819. The van der Waals surface area contributed by atoms with E-state index in [0.29, 0.717) is 18.6 Å². The molecule has 3 heteroatoms. The summed E-state index contributed by atoms with van der Waals surface area (Å²) in [6.07, 6.45) is 2.21. The van der Waals surface area contributed by atoms with E-state index in [1.54, 1.807) is 0 Å². The standard InChI is InChI=1S/C17H18ClNO/c18-16-8-4-7-14(9-16)15-10-17(11-15)19-20-12-13-5-2-1-3-6-13/h1-9,15,17,19H,10-12H2. The molecule has 2 aromatic rings. The molecule has 0 aromatic heterocycles. The minimum atomic E-state index is 0.447. The first kappa shape index (κ1) is 13.6. The molecule has 1 N–H and O–H groups in total. The Balaban J connectivity index is 1.40. The minimum Gasteiger partial charge on any atom is -0.297 e. The van der Waals surface area contributed by atoms with Gasteiger partial charge in [-0.2, -0.15) is 5.48 Å². The van der Waals surface area contributed by atoms with E-state index in [0.717, 1.165) is 17.9 Å². The summed E-state index contributed by atoms with van der Waals surface area (Å²) < 4.78 is 0. The molecule has 0 spiro atoms. The summed E-state index contributed by atoms with van der Waals surface area (Å²) >= 11 is 6.02. The first-order chi connectivity index (χ1) is 9.81. The first-order valence-corrected chi connectivity index (χ1v) is 7.36.